The molecule has 1 atom stereocenters. The molecule has 0 aliphatic carbocycles. The summed E-state index contributed by atoms with van der Waals surface area (Å²) in [5.74, 6) is 0.205. The third-order valence-electron chi connectivity index (χ3n) is 5.12. The summed E-state index contributed by atoms with van der Waals surface area (Å²) < 4.78 is 78.5. The molecule has 1 aromatic heterocycles. The highest BCUT2D eigenvalue weighted by atomic mass is 19.4. The number of methoxy groups -OCH3 is 2. The van der Waals surface area contributed by atoms with Gasteiger partial charge in [-0.05, 0) is 57.0 Å². The van der Waals surface area contributed by atoms with Gasteiger partial charge in [-0.3, -0.25) is 0 Å². The van der Waals surface area contributed by atoms with Gasteiger partial charge in [-0.15, -0.1) is 0 Å². The first-order chi connectivity index (χ1) is 16.8. The Morgan fingerprint density at radius 1 is 1.21 bits per heavy atom. The molecule has 0 radical (unpaired) electrons. The number of alkyl halides is 3. The molecule has 178 valence electrons. The van der Waals surface area contributed by atoms with Gasteiger partial charge in [0.2, 0.25) is 5.88 Å². The van der Waals surface area contributed by atoms with E-state index < -0.39 is 18.8 Å². The van der Waals surface area contributed by atoms with Crippen molar-refractivity contribution in [3.8, 4) is 23.1 Å². The summed E-state index contributed by atoms with van der Waals surface area (Å²) in [7, 11) is -1.31. The number of rotatable bonds is 9. The first kappa shape index (κ1) is 20.4. The molecule has 6 nitrogen and oxygen atoms in total. The number of nitrogens with two attached hydrogens (primary N) is 1. The van der Waals surface area contributed by atoms with E-state index in [0.29, 0.717) is 28.7 Å². The molecule has 33 heavy (non-hydrogen) atoms. The molecule has 0 aliphatic rings. The zero-order valence-electron chi connectivity index (χ0n) is 21.5. The van der Waals surface area contributed by atoms with Crippen LogP contribution in [0.5, 0.6) is 23.1 Å². The van der Waals surface area contributed by atoms with Crippen molar-refractivity contribution in [2.45, 2.75) is 38.9 Å². The Kier molecular flexibility index (Phi) is 6.29. The molecule has 3 rings (SSSR count). The predicted octanol–water partition coefficient (Wildman–Crippen LogP) is 5.91. The summed E-state index contributed by atoms with van der Waals surface area (Å²) >= 11 is 0. The van der Waals surface area contributed by atoms with E-state index in [2.05, 4.69) is 10.3 Å². The lowest BCUT2D eigenvalue weighted by Crippen LogP contribution is -2.17. The summed E-state index contributed by atoms with van der Waals surface area (Å²) in [6, 6.07) is 7.49. The largest absolute Gasteiger partial charge is 0.493 e. The molecule has 0 amide bonds. The number of pyridine rings is 1. The average Bonchev–Trinajstić information content (AvgIpc) is 2.77. The van der Waals surface area contributed by atoms with Gasteiger partial charge >= 0.3 is 6.18 Å². The minimum Gasteiger partial charge on any atom is -0.493 e. The van der Waals surface area contributed by atoms with Crippen molar-refractivity contribution < 1.29 is 31.5 Å². The number of aromatic nitrogens is 1. The van der Waals surface area contributed by atoms with E-state index in [1.807, 2.05) is 6.92 Å². The van der Waals surface area contributed by atoms with Crippen LogP contribution in [-0.2, 0) is 6.18 Å². The van der Waals surface area contributed by atoms with Crippen LogP contribution in [0, 0.1) is 6.92 Å². The molecule has 0 bridgehead atoms. The second-order valence-electron chi connectivity index (χ2n) is 7.66. The van der Waals surface area contributed by atoms with Gasteiger partial charge in [0.15, 0.2) is 11.5 Å². The number of hydrogen-bond donors (Lipinski definition) is 2. The van der Waals surface area contributed by atoms with Gasteiger partial charge in [-0.25, -0.2) is 4.98 Å². The van der Waals surface area contributed by atoms with Crippen molar-refractivity contribution in [1.29, 1.82) is 0 Å². The predicted molar refractivity (Wildman–Crippen MR) is 122 cm³/mol. The van der Waals surface area contributed by atoms with Gasteiger partial charge in [0, 0.05) is 18.2 Å². The topological polar surface area (TPSA) is 78.6 Å². The number of ether oxygens (including phenoxy) is 3. The molecule has 0 fully saturated rings. The van der Waals surface area contributed by atoms with Crippen LogP contribution in [0.3, 0.4) is 0 Å². The third kappa shape index (κ3) is 5.60. The lowest BCUT2D eigenvalue weighted by molar-refractivity contribution is -0.137. The number of nitrogens with zero attached hydrogens (tertiary/aromatic N) is 1. The van der Waals surface area contributed by atoms with Crippen molar-refractivity contribution in [2.24, 2.45) is 5.73 Å². The molecule has 3 N–H and O–H groups in total. The monoisotopic (exact) mass is 466 g/mol. The van der Waals surface area contributed by atoms with Crippen molar-refractivity contribution in [3.05, 3.63) is 47.5 Å². The van der Waals surface area contributed by atoms with E-state index in [4.69, 9.17) is 24.1 Å². The Bertz CT molecular complexity index is 1220. The highest BCUT2D eigenvalue weighted by molar-refractivity contribution is 6.00. The van der Waals surface area contributed by atoms with Gasteiger partial charge in [0.05, 0.1) is 34.9 Å². The number of nitrogens with one attached hydrogen (secondary N) is 1. The van der Waals surface area contributed by atoms with Gasteiger partial charge < -0.3 is 25.3 Å². The van der Waals surface area contributed by atoms with Crippen molar-refractivity contribution in [1.82, 2.24) is 4.98 Å². The van der Waals surface area contributed by atoms with Crippen LogP contribution in [0.1, 0.15) is 35.0 Å². The van der Waals surface area contributed by atoms with Crippen molar-refractivity contribution >= 4 is 16.6 Å². The average molecular weight is 467 g/mol. The first-order valence-electron chi connectivity index (χ1n) is 11.9. The normalized spacial score (nSPS) is 14.2. The minimum atomic E-state index is -4.54. The second kappa shape index (κ2) is 10.2. The fourth-order valence-electron chi connectivity index (χ4n) is 3.54. The fraction of sp³-hybridized carbons (Fsp3) is 0.375. The summed E-state index contributed by atoms with van der Waals surface area (Å²) in [6.45, 7) is 4.17. The Labute approximate surface area is 195 Å². The molecule has 0 aliphatic heterocycles. The van der Waals surface area contributed by atoms with E-state index in [1.54, 1.807) is 13.0 Å². The number of aryl methyl sites for hydroxylation is 1. The highest BCUT2D eigenvalue weighted by Crippen LogP contribution is 2.45. The Morgan fingerprint density at radius 2 is 2.00 bits per heavy atom. The fourth-order valence-corrected chi connectivity index (χ4v) is 3.54. The maximum Gasteiger partial charge on any atom is 0.416 e. The SMILES string of the molecule is [2H]C([2H])([2H])Oc1cc(C)c2c(Oc3cccc(C(F)(F)F)c3)c(OC)cc(NC(C)CCCN)c2n1. The second-order valence-corrected chi connectivity index (χ2v) is 7.66. The van der Waals surface area contributed by atoms with Crippen LogP contribution < -0.4 is 25.3 Å². The molecular formula is C24H28F3N3O3. The zero-order chi connectivity index (χ0) is 26.7. The molecule has 1 heterocycles. The van der Waals surface area contributed by atoms with Crippen LogP contribution >= 0.6 is 0 Å². The first-order valence-corrected chi connectivity index (χ1v) is 10.4. The third-order valence-corrected chi connectivity index (χ3v) is 5.12. The smallest absolute Gasteiger partial charge is 0.416 e. The van der Waals surface area contributed by atoms with Gasteiger partial charge in [0.1, 0.15) is 11.3 Å². The maximum absolute atomic E-state index is 13.2. The lowest BCUT2D eigenvalue weighted by Gasteiger charge is -2.21. The Balaban J connectivity index is 2.20. The quantitative estimate of drug-likeness (QED) is 0.408. The zero-order valence-corrected chi connectivity index (χ0v) is 18.5. The number of benzene rings is 2. The van der Waals surface area contributed by atoms with Crippen molar-refractivity contribution in [3.63, 3.8) is 0 Å². The number of fused-ring (bicyclic) bond motifs is 1. The number of halogens is 3. The number of hydrogen-bond acceptors (Lipinski definition) is 6. The van der Waals surface area contributed by atoms with Crippen molar-refractivity contribution in [2.75, 3.05) is 26.0 Å². The molecule has 2 aromatic carbocycles. The molecule has 0 spiro atoms. The molecule has 1 unspecified atom stereocenters. The lowest BCUT2D eigenvalue weighted by atomic mass is 10.1. The Hall–Kier alpha value is -3.20. The molecule has 3 aromatic rings. The number of anilines is 1. The Morgan fingerprint density at radius 3 is 2.67 bits per heavy atom. The summed E-state index contributed by atoms with van der Waals surface area (Å²) in [5.41, 5.74) is 6.11. The van der Waals surface area contributed by atoms with E-state index in [0.717, 1.165) is 25.0 Å². The van der Waals surface area contributed by atoms with Crippen LogP contribution in [0.15, 0.2) is 36.4 Å². The summed E-state index contributed by atoms with van der Waals surface area (Å²) in [4.78, 5) is 4.40. The van der Waals surface area contributed by atoms with Crippen LogP contribution in [0.2, 0.25) is 0 Å². The van der Waals surface area contributed by atoms with E-state index in [-0.39, 0.29) is 29.2 Å². The molecular weight excluding hydrogens is 435 g/mol. The van der Waals surface area contributed by atoms with E-state index in [9.17, 15) is 13.2 Å². The van der Waals surface area contributed by atoms with Crippen LogP contribution in [-0.4, -0.2) is 31.7 Å². The maximum atomic E-state index is 13.2. The van der Waals surface area contributed by atoms with E-state index >= 15 is 0 Å². The molecule has 9 heteroatoms. The minimum absolute atomic E-state index is 0.0222. The standard InChI is InChI=1S/C24H28F3N3O3/c1-14-11-20(32-4)30-22-18(29-15(2)7-6-10-28)13-19(31-3)23(21(14)22)33-17-9-5-8-16(12-17)24(25,26)27/h5,8-9,11-13,15,29H,6-7,10,28H2,1-4H3/i4D3. The van der Waals surface area contributed by atoms with Gasteiger partial charge in [-0.2, -0.15) is 13.2 Å². The summed E-state index contributed by atoms with van der Waals surface area (Å²) in [6.07, 6.45) is -3.01. The van der Waals surface area contributed by atoms with Gasteiger partial charge in [-0.1, -0.05) is 6.07 Å². The molecule has 0 saturated carbocycles. The molecule has 0 saturated heterocycles. The van der Waals surface area contributed by atoms with Crippen LogP contribution in [0.4, 0.5) is 18.9 Å². The van der Waals surface area contributed by atoms with Crippen LogP contribution in [0.25, 0.3) is 10.9 Å². The van der Waals surface area contributed by atoms with E-state index in [1.165, 1.54) is 25.3 Å². The highest BCUT2D eigenvalue weighted by Gasteiger charge is 2.31. The summed E-state index contributed by atoms with van der Waals surface area (Å²) in [5, 5.41) is 3.76. The van der Waals surface area contributed by atoms with Gasteiger partial charge in [0.25, 0.3) is 0 Å².